The first-order chi connectivity index (χ1) is 5.86. The lowest BCUT2D eigenvalue weighted by Gasteiger charge is -1.90. The Balaban J connectivity index is 2.80. The molecule has 0 amide bonds. The average molecular weight is 176 g/mol. The molecule has 0 N–H and O–H groups in total. The Kier molecular flexibility index (Phi) is 3.36. The van der Waals surface area contributed by atoms with Gasteiger partial charge in [0.1, 0.15) is 11.8 Å². The Morgan fingerprint density at radius 2 is 2.42 bits per heavy atom. The van der Waals surface area contributed by atoms with Crippen LogP contribution in [0.3, 0.4) is 0 Å². The molecule has 0 aromatic carbocycles. The van der Waals surface area contributed by atoms with Crippen LogP contribution in [0.15, 0.2) is 24.4 Å². The minimum Gasteiger partial charge on any atom is -0.245 e. The number of hydrogen-bond acceptors (Lipinski definition) is 3. The molecule has 0 saturated carbocycles. The zero-order chi connectivity index (χ0) is 8.81. The van der Waals surface area contributed by atoms with Gasteiger partial charge in [-0.05, 0) is 11.6 Å². The lowest BCUT2D eigenvalue weighted by molar-refractivity contribution is 1.26. The van der Waals surface area contributed by atoms with Gasteiger partial charge in [-0.1, -0.05) is 18.2 Å². The Hall–Kier alpha value is -1.27. The summed E-state index contributed by atoms with van der Waals surface area (Å²) < 4.78 is 0. The number of nitrogens with zero attached hydrogens (tertiary/aromatic N) is 2. The van der Waals surface area contributed by atoms with Crippen LogP contribution in [-0.2, 0) is 0 Å². The van der Waals surface area contributed by atoms with E-state index >= 15 is 0 Å². The van der Waals surface area contributed by atoms with Crippen LogP contribution < -0.4 is 0 Å². The quantitative estimate of drug-likeness (QED) is 0.699. The maximum Gasteiger partial charge on any atom is 0.140 e. The Morgan fingerprint density at radius 1 is 1.58 bits per heavy atom. The van der Waals surface area contributed by atoms with Crippen LogP contribution >= 0.6 is 12.6 Å². The third-order valence-corrected chi connectivity index (χ3v) is 1.53. The van der Waals surface area contributed by atoms with Crippen LogP contribution in [0.5, 0.6) is 0 Å². The summed E-state index contributed by atoms with van der Waals surface area (Å²) in [4.78, 5) is 3.91. The molecule has 1 heterocycles. The van der Waals surface area contributed by atoms with Crippen LogP contribution in [0.4, 0.5) is 0 Å². The third kappa shape index (κ3) is 2.40. The summed E-state index contributed by atoms with van der Waals surface area (Å²) in [7, 11) is 0. The number of pyridine rings is 1. The van der Waals surface area contributed by atoms with E-state index < -0.39 is 0 Å². The van der Waals surface area contributed by atoms with Gasteiger partial charge < -0.3 is 0 Å². The largest absolute Gasteiger partial charge is 0.245 e. The molecule has 0 spiro atoms. The van der Waals surface area contributed by atoms with E-state index in [9.17, 15) is 0 Å². The van der Waals surface area contributed by atoms with Crippen molar-refractivity contribution in [1.29, 1.82) is 5.26 Å². The highest BCUT2D eigenvalue weighted by atomic mass is 32.1. The lowest BCUT2D eigenvalue weighted by atomic mass is 10.2. The molecule has 12 heavy (non-hydrogen) atoms. The smallest absolute Gasteiger partial charge is 0.140 e. The van der Waals surface area contributed by atoms with Crippen molar-refractivity contribution in [2.24, 2.45) is 0 Å². The van der Waals surface area contributed by atoms with Gasteiger partial charge in [-0.15, -0.1) is 0 Å². The molecule has 0 aliphatic carbocycles. The minimum absolute atomic E-state index is 0.443. The minimum atomic E-state index is 0.443. The van der Waals surface area contributed by atoms with Crippen molar-refractivity contribution < 1.29 is 0 Å². The van der Waals surface area contributed by atoms with Gasteiger partial charge in [0.25, 0.3) is 0 Å². The Labute approximate surface area is 77.0 Å². The molecule has 0 aliphatic rings. The maximum absolute atomic E-state index is 8.46. The molecule has 60 valence electrons. The summed E-state index contributed by atoms with van der Waals surface area (Å²) in [6.45, 7) is 0. The van der Waals surface area contributed by atoms with Gasteiger partial charge in [0.15, 0.2) is 0 Å². The van der Waals surface area contributed by atoms with Crippen molar-refractivity contribution in [3.05, 3.63) is 35.7 Å². The molecule has 1 rings (SSSR count). The van der Waals surface area contributed by atoms with E-state index in [0.717, 1.165) is 5.56 Å². The average Bonchev–Trinajstić information content (AvgIpc) is 2.15. The molecule has 0 radical (unpaired) electrons. The molecule has 2 nitrogen and oxygen atoms in total. The highest BCUT2D eigenvalue weighted by molar-refractivity contribution is 7.80. The van der Waals surface area contributed by atoms with Crippen molar-refractivity contribution in [3.8, 4) is 6.07 Å². The third-order valence-electron chi connectivity index (χ3n) is 1.32. The summed E-state index contributed by atoms with van der Waals surface area (Å²) in [5, 5.41) is 8.46. The summed E-state index contributed by atoms with van der Waals surface area (Å²) in [6.07, 6.45) is 5.51. The summed E-state index contributed by atoms with van der Waals surface area (Å²) >= 11 is 4.03. The predicted molar refractivity (Wildman–Crippen MR) is 51.8 cm³/mol. The number of aromatic nitrogens is 1. The normalized spacial score (nSPS) is 10.0. The molecule has 3 heteroatoms. The van der Waals surface area contributed by atoms with Crippen LogP contribution in [0.1, 0.15) is 11.3 Å². The van der Waals surface area contributed by atoms with Gasteiger partial charge >= 0.3 is 0 Å². The summed E-state index contributed by atoms with van der Waals surface area (Å²) in [5.41, 5.74) is 1.43. The van der Waals surface area contributed by atoms with Gasteiger partial charge in [0.2, 0.25) is 0 Å². The number of thiol groups is 1. The molecule has 1 aromatic rings. The van der Waals surface area contributed by atoms with E-state index in [0.29, 0.717) is 11.4 Å². The second-order valence-corrected chi connectivity index (χ2v) is 2.54. The van der Waals surface area contributed by atoms with Crippen LogP contribution in [-0.4, -0.2) is 10.7 Å². The monoisotopic (exact) mass is 176 g/mol. The van der Waals surface area contributed by atoms with Crippen LogP contribution in [0.2, 0.25) is 0 Å². The van der Waals surface area contributed by atoms with Crippen LogP contribution in [0.25, 0.3) is 6.08 Å². The lowest BCUT2D eigenvalue weighted by Crippen LogP contribution is -1.81. The van der Waals surface area contributed by atoms with Gasteiger partial charge in [-0.3, -0.25) is 0 Å². The zero-order valence-electron chi connectivity index (χ0n) is 6.44. The maximum atomic E-state index is 8.46. The first kappa shape index (κ1) is 8.82. The van der Waals surface area contributed by atoms with Crippen molar-refractivity contribution in [2.75, 3.05) is 5.75 Å². The van der Waals surface area contributed by atoms with E-state index in [2.05, 4.69) is 17.6 Å². The fraction of sp³-hybridized carbons (Fsp3) is 0.111. The number of rotatable bonds is 2. The van der Waals surface area contributed by atoms with E-state index in [1.165, 1.54) is 0 Å². The first-order valence-electron chi connectivity index (χ1n) is 3.50. The van der Waals surface area contributed by atoms with Gasteiger partial charge in [0.05, 0.1) is 0 Å². The van der Waals surface area contributed by atoms with E-state index in [-0.39, 0.29) is 0 Å². The van der Waals surface area contributed by atoms with E-state index in [4.69, 9.17) is 5.26 Å². The molecule has 0 unspecified atom stereocenters. The van der Waals surface area contributed by atoms with Crippen molar-refractivity contribution in [2.45, 2.75) is 0 Å². The summed E-state index contributed by atoms with van der Waals surface area (Å²) in [5.74, 6) is 0.708. The fourth-order valence-corrected chi connectivity index (χ4v) is 0.864. The van der Waals surface area contributed by atoms with E-state index in [1.54, 1.807) is 12.3 Å². The molecule has 0 aliphatic heterocycles. The van der Waals surface area contributed by atoms with Gasteiger partial charge in [-0.2, -0.15) is 17.9 Å². The van der Waals surface area contributed by atoms with Crippen molar-refractivity contribution in [1.82, 2.24) is 4.98 Å². The second kappa shape index (κ2) is 4.58. The van der Waals surface area contributed by atoms with Crippen LogP contribution in [0, 0.1) is 11.3 Å². The molecule has 0 fully saturated rings. The number of nitriles is 1. The summed E-state index contributed by atoms with van der Waals surface area (Å²) in [6, 6.07) is 5.51. The highest BCUT2D eigenvalue weighted by Gasteiger charge is 1.89. The van der Waals surface area contributed by atoms with Gasteiger partial charge in [0, 0.05) is 11.9 Å². The highest BCUT2D eigenvalue weighted by Crippen LogP contribution is 2.01. The number of hydrogen-bond donors (Lipinski definition) is 1. The fourth-order valence-electron chi connectivity index (χ4n) is 0.759. The second-order valence-electron chi connectivity index (χ2n) is 2.17. The van der Waals surface area contributed by atoms with Crippen molar-refractivity contribution >= 4 is 18.7 Å². The van der Waals surface area contributed by atoms with Gasteiger partial charge in [-0.25, -0.2) is 4.98 Å². The molecule has 0 bridgehead atoms. The molecular weight excluding hydrogens is 168 g/mol. The zero-order valence-corrected chi connectivity index (χ0v) is 7.33. The van der Waals surface area contributed by atoms with Crippen molar-refractivity contribution in [3.63, 3.8) is 0 Å². The Morgan fingerprint density at radius 3 is 2.92 bits per heavy atom. The topological polar surface area (TPSA) is 36.7 Å². The molecular formula is C9H8N2S. The molecule has 0 saturated heterocycles. The van der Waals surface area contributed by atoms with E-state index in [1.807, 2.05) is 24.3 Å². The standard InChI is InChI=1S/C9H8N2S/c10-6-9-4-3-8(7-11-9)2-1-5-12/h1-4,7,12H,5H2. The Bertz CT molecular complexity index is 308. The SMILES string of the molecule is N#Cc1ccc(C=CCS)cn1. The molecule has 0 atom stereocenters. The molecule has 1 aromatic heterocycles. The first-order valence-corrected chi connectivity index (χ1v) is 4.13. The predicted octanol–water partition coefficient (Wildman–Crippen LogP) is 1.90.